The minimum atomic E-state index is -0.737. The van der Waals surface area contributed by atoms with Crippen LogP contribution in [0.25, 0.3) is 0 Å². The third-order valence-corrected chi connectivity index (χ3v) is 5.19. The average molecular weight is 450 g/mol. The normalized spacial score (nSPS) is 11.8. The van der Waals surface area contributed by atoms with Crippen molar-refractivity contribution in [1.29, 1.82) is 0 Å². The zero-order valence-electron chi connectivity index (χ0n) is 18.9. The van der Waals surface area contributed by atoms with E-state index >= 15 is 0 Å². The van der Waals surface area contributed by atoms with Gasteiger partial charge < -0.3 is 25.0 Å². The molecule has 174 valence electrons. The van der Waals surface area contributed by atoms with Crippen molar-refractivity contribution in [1.82, 2.24) is 5.32 Å². The lowest BCUT2D eigenvalue weighted by molar-refractivity contribution is -0.131. The van der Waals surface area contributed by atoms with E-state index in [0.29, 0.717) is 43.2 Å². The predicted molar refractivity (Wildman–Crippen MR) is 127 cm³/mol. The summed E-state index contributed by atoms with van der Waals surface area (Å²) in [5.74, 6) is -0.145. The molecular weight excluding hydrogens is 418 g/mol. The van der Waals surface area contributed by atoms with E-state index in [-0.39, 0.29) is 6.61 Å². The number of nitrogens with one attached hydrogen (secondary N) is 1. The van der Waals surface area contributed by atoms with Crippen LogP contribution in [-0.2, 0) is 35.8 Å². The molecule has 0 spiro atoms. The number of aliphatic hydroxyl groups excluding tert-OH is 2. The molecule has 0 saturated carbocycles. The molecule has 0 saturated heterocycles. The van der Waals surface area contributed by atoms with E-state index in [1.165, 1.54) is 12.5 Å². The Morgan fingerprint density at radius 1 is 0.939 bits per heavy atom. The van der Waals surface area contributed by atoms with E-state index in [0.717, 1.165) is 17.5 Å². The van der Waals surface area contributed by atoms with Gasteiger partial charge in [-0.2, -0.15) is 0 Å². The maximum Gasteiger partial charge on any atom is 0.308 e. The van der Waals surface area contributed by atoms with Crippen molar-refractivity contribution >= 4 is 5.97 Å². The number of rotatable bonds is 12. The summed E-state index contributed by atoms with van der Waals surface area (Å²) in [6.45, 7) is 3.26. The van der Waals surface area contributed by atoms with E-state index in [4.69, 9.17) is 9.47 Å². The molecule has 0 aliphatic carbocycles. The number of carbonyl (C=O) groups is 1. The lowest BCUT2D eigenvalue weighted by Crippen LogP contribution is -2.24. The highest BCUT2D eigenvalue weighted by atomic mass is 16.5. The Labute approximate surface area is 194 Å². The molecule has 0 radical (unpaired) electrons. The molecule has 0 bridgehead atoms. The molecule has 0 aliphatic rings. The van der Waals surface area contributed by atoms with Crippen LogP contribution in [0.1, 0.15) is 40.8 Å². The minimum Gasteiger partial charge on any atom is -0.426 e. The standard InChI is InChI=1S/C27H31NO5/c1-20(30)33-27-11-10-24(15-25(27)17-29)26(31)16-28-13-12-21-8-5-9-23(14-21)19-32-18-22-6-3-2-4-7-22/h2-11,14-15,26,28-29,31H,12-13,16-19H2,1H3. The summed E-state index contributed by atoms with van der Waals surface area (Å²) in [6, 6.07) is 23.4. The second kappa shape index (κ2) is 12.9. The van der Waals surface area contributed by atoms with Crippen molar-refractivity contribution in [3.8, 4) is 5.75 Å². The van der Waals surface area contributed by atoms with Crippen LogP contribution < -0.4 is 10.1 Å². The van der Waals surface area contributed by atoms with Crippen LogP contribution in [0.5, 0.6) is 5.75 Å². The van der Waals surface area contributed by atoms with Gasteiger partial charge in [0.25, 0.3) is 0 Å². The van der Waals surface area contributed by atoms with E-state index in [1.807, 2.05) is 24.3 Å². The Morgan fingerprint density at radius 3 is 2.42 bits per heavy atom. The maximum atomic E-state index is 11.2. The quantitative estimate of drug-likeness (QED) is 0.222. The van der Waals surface area contributed by atoms with Crippen LogP contribution in [0, 0.1) is 0 Å². The van der Waals surface area contributed by atoms with Gasteiger partial charge in [0.15, 0.2) is 0 Å². The first-order valence-electron chi connectivity index (χ1n) is 11.1. The molecule has 0 aliphatic heterocycles. The van der Waals surface area contributed by atoms with E-state index in [2.05, 4.69) is 35.6 Å². The molecule has 33 heavy (non-hydrogen) atoms. The van der Waals surface area contributed by atoms with Crippen molar-refractivity contribution < 1.29 is 24.5 Å². The molecule has 3 N–H and O–H groups in total. The molecule has 0 heterocycles. The van der Waals surface area contributed by atoms with Crippen LogP contribution >= 0.6 is 0 Å². The second-order valence-corrected chi connectivity index (χ2v) is 7.89. The topological polar surface area (TPSA) is 88.0 Å². The Hall–Kier alpha value is -3.03. The van der Waals surface area contributed by atoms with Crippen LogP contribution in [0.15, 0.2) is 72.8 Å². The molecule has 6 heteroatoms. The molecule has 3 rings (SSSR count). The van der Waals surface area contributed by atoms with Crippen LogP contribution in [-0.4, -0.2) is 29.3 Å². The van der Waals surface area contributed by atoms with E-state index < -0.39 is 12.1 Å². The maximum absolute atomic E-state index is 11.2. The second-order valence-electron chi connectivity index (χ2n) is 7.89. The Balaban J connectivity index is 1.43. The van der Waals surface area contributed by atoms with Gasteiger partial charge in [0.1, 0.15) is 5.75 Å². The van der Waals surface area contributed by atoms with Crippen molar-refractivity contribution in [2.45, 2.75) is 39.3 Å². The number of benzene rings is 3. The molecule has 6 nitrogen and oxygen atoms in total. The summed E-state index contributed by atoms with van der Waals surface area (Å²) >= 11 is 0. The molecule has 0 amide bonds. The monoisotopic (exact) mass is 449 g/mol. The Bertz CT molecular complexity index is 1020. The summed E-state index contributed by atoms with van der Waals surface area (Å²) in [6.07, 6.45) is 0.0892. The zero-order chi connectivity index (χ0) is 23.5. The fourth-order valence-corrected chi connectivity index (χ4v) is 3.51. The first-order valence-corrected chi connectivity index (χ1v) is 11.1. The Morgan fingerprint density at radius 2 is 1.67 bits per heavy atom. The van der Waals surface area contributed by atoms with E-state index in [9.17, 15) is 15.0 Å². The summed E-state index contributed by atoms with van der Waals surface area (Å²) in [5, 5.41) is 23.3. The number of carbonyl (C=O) groups excluding carboxylic acids is 1. The minimum absolute atomic E-state index is 0.276. The van der Waals surface area contributed by atoms with Crippen molar-refractivity contribution in [3.63, 3.8) is 0 Å². The van der Waals surface area contributed by atoms with Gasteiger partial charge in [0.2, 0.25) is 0 Å². The molecular formula is C27H31NO5. The average Bonchev–Trinajstić information content (AvgIpc) is 2.82. The van der Waals surface area contributed by atoms with Crippen LogP contribution in [0.3, 0.4) is 0 Å². The predicted octanol–water partition coefficient (Wildman–Crippen LogP) is 3.69. The van der Waals surface area contributed by atoms with Gasteiger partial charge in [-0.15, -0.1) is 0 Å². The van der Waals surface area contributed by atoms with Crippen LogP contribution in [0.2, 0.25) is 0 Å². The molecule has 1 atom stereocenters. The van der Waals surface area contributed by atoms with Crippen molar-refractivity contribution in [2.24, 2.45) is 0 Å². The van der Waals surface area contributed by atoms with Crippen molar-refractivity contribution in [2.75, 3.05) is 13.1 Å². The largest absolute Gasteiger partial charge is 0.426 e. The smallest absolute Gasteiger partial charge is 0.308 e. The molecule has 3 aromatic carbocycles. The fourth-order valence-electron chi connectivity index (χ4n) is 3.51. The third kappa shape index (κ3) is 8.11. The summed E-state index contributed by atoms with van der Waals surface area (Å²) in [4.78, 5) is 11.2. The van der Waals surface area contributed by atoms with Gasteiger partial charge >= 0.3 is 5.97 Å². The summed E-state index contributed by atoms with van der Waals surface area (Å²) < 4.78 is 10.9. The first kappa shape index (κ1) is 24.6. The fraction of sp³-hybridized carbons (Fsp3) is 0.296. The number of aliphatic hydroxyl groups is 2. The van der Waals surface area contributed by atoms with Gasteiger partial charge in [-0.1, -0.05) is 60.7 Å². The van der Waals surface area contributed by atoms with E-state index in [1.54, 1.807) is 18.2 Å². The molecule has 0 fully saturated rings. The highest BCUT2D eigenvalue weighted by Crippen LogP contribution is 2.24. The lowest BCUT2D eigenvalue weighted by Gasteiger charge is -2.15. The SMILES string of the molecule is CC(=O)Oc1ccc(C(O)CNCCc2cccc(COCc3ccccc3)c2)cc1CO. The number of esters is 1. The van der Waals surface area contributed by atoms with Crippen LogP contribution in [0.4, 0.5) is 0 Å². The summed E-state index contributed by atoms with van der Waals surface area (Å²) in [7, 11) is 0. The zero-order valence-corrected chi connectivity index (χ0v) is 18.9. The van der Waals surface area contributed by atoms with Gasteiger partial charge in [-0.05, 0) is 47.4 Å². The number of hydrogen-bond donors (Lipinski definition) is 3. The molecule has 1 unspecified atom stereocenters. The highest BCUT2D eigenvalue weighted by Gasteiger charge is 2.12. The van der Waals surface area contributed by atoms with Gasteiger partial charge in [-0.25, -0.2) is 0 Å². The van der Waals surface area contributed by atoms with Gasteiger partial charge in [0, 0.05) is 19.0 Å². The highest BCUT2D eigenvalue weighted by molar-refractivity contribution is 5.69. The first-order chi connectivity index (χ1) is 16.0. The molecule has 3 aromatic rings. The van der Waals surface area contributed by atoms with Crippen molar-refractivity contribution in [3.05, 3.63) is 101 Å². The van der Waals surface area contributed by atoms with Gasteiger partial charge in [-0.3, -0.25) is 4.79 Å². The number of hydrogen-bond acceptors (Lipinski definition) is 6. The van der Waals surface area contributed by atoms with Gasteiger partial charge in [0.05, 0.1) is 25.9 Å². The third-order valence-electron chi connectivity index (χ3n) is 5.19. The number of ether oxygens (including phenoxy) is 2. The summed E-state index contributed by atoms with van der Waals surface area (Å²) in [5.41, 5.74) is 4.61. The lowest BCUT2D eigenvalue weighted by atomic mass is 10.0. The molecule has 0 aromatic heterocycles. The Kier molecular flexibility index (Phi) is 9.59.